The number of amides is 2. The van der Waals surface area contributed by atoms with Crippen LogP contribution in [0.4, 0.5) is 4.79 Å². The fourth-order valence-corrected chi connectivity index (χ4v) is 4.67. The Kier molecular flexibility index (Phi) is 7.20. The van der Waals surface area contributed by atoms with Gasteiger partial charge in [0.15, 0.2) is 0 Å². The minimum atomic E-state index is -1.05. The largest absolute Gasteiger partial charge is 0.480 e. The minimum Gasteiger partial charge on any atom is -0.480 e. The molecule has 0 radical (unpaired) electrons. The van der Waals surface area contributed by atoms with E-state index in [0.29, 0.717) is 18.8 Å². The number of fused-ring (bicyclic) bond motifs is 3. The minimum absolute atomic E-state index is 0.0783. The van der Waals surface area contributed by atoms with Crippen molar-refractivity contribution in [1.29, 1.82) is 0 Å². The van der Waals surface area contributed by atoms with E-state index in [1.807, 2.05) is 50.2 Å². The molecule has 0 aliphatic heterocycles. The molecule has 0 saturated heterocycles. The van der Waals surface area contributed by atoms with E-state index >= 15 is 0 Å². The zero-order chi connectivity index (χ0) is 24.2. The summed E-state index contributed by atoms with van der Waals surface area (Å²) in [7, 11) is 0. The van der Waals surface area contributed by atoms with Crippen LogP contribution in [-0.4, -0.2) is 41.8 Å². The van der Waals surface area contributed by atoms with Crippen molar-refractivity contribution in [3.8, 4) is 11.1 Å². The Hall–Kier alpha value is -3.35. The molecular formula is C27H32N2O5. The maximum Gasteiger partial charge on any atom is 0.407 e. The number of carboxylic acids is 1. The van der Waals surface area contributed by atoms with E-state index in [2.05, 4.69) is 22.8 Å². The number of carboxylic acid groups (broad SMARTS) is 1. The number of benzene rings is 2. The van der Waals surface area contributed by atoms with Crippen molar-refractivity contribution < 1.29 is 24.2 Å². The smallest absolute Gasteiger partial charge is 0.407 e. The molecule has 0 heterocycles. The van der Waals surface area contributed by atoms with Crippen LogP contribution in [0.1, 0.15) is 56.6 Å². The second-order valence-electron chi connectivity index (χ2n) is 9.73. The van der Waals surface area contributed by atoms with Crippen LogP contribution in [0.3, 0.4) is 0 Å². The van der Waals surface area contributed by atoms with Gasteiger partial charge < -0.3 is 20.5 Å². The van der Waals surface area contributed by atoms with E-state index in [0.717, 1.165) is 35.1 Å². The van der Waals surface area contributed by atoms with Gasteiger partial charge in [-0.1, -0.05) is 75.2 Å². The van der Waals surface area contributed by atoms with E-state index in [9.17, 15) is 19.5 Å². The maximum atomic E-state index is 12.9. The summed E-state index contributed by atoms with van der Waals surface area (Å²) in [5.74, 6) is -1.15. The maximum absolute atomic E-state index is 12.9. The van der Waals surface area contributed by atoms with Crippen LogP contribution in [0, 0.1) is 11.8 Å². The van der Waals surface area contributed by atoms with Gasteiger partial charge in [0.05, 0.1) is 0 Å². The lowest BCUT2D eigenvalue weighted by atomic mass is 9.98. The standard InChI is InChI=1S/C27H32N2O5/c1-16(2)13-23(25(30)28-24(26(31)32)14-17-11-12-17)29-27(33)34-15-22-20-9-5-3-7-18(20)19-8-4-6-10-21(19)22/h3-10,16-17,22-24H,11-15H2,1-2H3,(H,28,30)(H,29,33)(H,31,32)/t23-,24-/m0/s1. The van der Waals surface area contributed by atoms with E-state index in [1.165, 1.54) is 0 Å². The van der Waals surface area contributed by atoms with Gasteiger partial charge in [-0.15, -0.1) is 0 Å². The molecule has 2 aromatic carbocycles. The van der Waals surface area contributed by atoms with Gasteiger partial charge in [0.1, 0.15) is 18.7 Å². The molecule has 2 amide bonds. The van der Waals surface area contributed by atoms with E-state index in [4.69, 9.17) is 4.74 Å². The molecule has 0 unspecified atom stereocenters. The highest BCUT2D eigenvalue weighted by atomic mass is 16.5. The number of alkyl carbamates (subject to hydrolysis) is 1. The molecule has 7 heteroatoms. The lowest BCUT2D eigenvalue weighted by Crippen LogP contribution is -2.52. The molecule has 0 aromatic heterocycles. The third-order valence-electron chi connectivity index (χ3n) is 6.54. The van der Waals surface area contributed by atoms with Crippen LogP contribution in [-0.2, 0) is 14.3 Å². The van der Waals surface area contributed by atoms with Crippen LogP contribution >= 0.6 is 0 Å². The third-order valence-corrected chi connectivity index (χ3v) is 6.54. The fraction of sp³-hybridized carbons (Fsp3) is 0.444. The Labute approximate surface area is 199 Å². The molecule has 4 rings (SSSR count). The molecule has 0 spiro atoms. The second-order valence-corrected chi connectivity index (χ2v) is 9.73. The zero-order valence-corrected chi connectivity index (χ0v) is 19.6. The van der Waals surface area contributed by atoms with Gasteiger partial charge in [-0.05, 0) is 46.9 Å². The first-order valence-electron chi connectivity index (χ1n) is 12.0. The van der Waals surface area contributed by atoms with Gasteiger partial charge in [0.2, 0.25) is 5.91 Å². The number of nitrogens with one attached hydrogen (secondary N) is 2. The Morgan fingerprint density at radius 1 is 0.941 bits per heavy atom. The highest BCUT2D eigenvalue weighted by Gasteiger charge is 2.33. The molecule has 2 aliphatic carbocycles. The Balaban J connectivity index is 1.39. The Morgan fingerprint density at radius 2 is 1.53 bits per heavy atom. The van der Waals surface area contributed by atoms with Crippen molar-refractivity contribution in [3.63, 3.8) is 0 Å². The van der Waals surface area contributed by atoms with Gasteiger partial charge >= 0.3 is 12.1 Å². The van der Waals surface area contributed by atoms with E-state index < -0.39 is 30.1 Å². The van der Waals surface area contributed by atoms with E-state index in [1.54, 1.807) is 0 Å². The monoisotopic (exact) mass is 464 g/mol. The predicted molar refractivity (Wildman–Crippen MR) is 128 cm³/mol. The fourth-order valence-electron chi connectivity index (χ4n) is 4.67. The Morgan fingerprint density at radius 3 is 2.06 bits per heavy atom. The number of aliphatic carboxylic acids is 1. The quantitative estimate of drug-likeness (QED) is 0.486. The third kappa shape index (κ3) is 5.58. The molecule has 2 atom stereocenters. The van der Waals surface area contributed by atoms with Gasteiger partial charge in [0, 0.05) is 5.92 Å². The van der Waals surface area contributed by atoms with Crippen LogP contribution in [0.2, 0.25) is 0 Å². The van der Waals surface area contributed by atoms with Gasteiger partial charge in [-0.3, -0.25) is 4.79 Å². The summed E-state index contributed by atoms with van der Waals surface area (Å²) in [6, 6.07) is 14.3. The summed E-state index contributed by atoms with van der Waals surface area (Å²) < 4.78 is 5.58. The topological polar surface area (TPSA) is 105 Å². The van der Waals surface area contributed by atoms with Crippen molar-refractivity contribution in [1.82, 2.24) is 10.6 Å². The molecule has 3 N–H and O–H groups in total. The summed E-state index contributed by atoms with van der Waals surface area (Å²) in [6.45, 7) is 4.03. The molecule has 34 heavy (non-hydrogen) atoms. The molecule has 2 aromatic rings. The lowest BCUT2D eigenvalue weighted by molar-refractivity contribution is -0.142. The molecule has 7 nitrogen and oxygen atoms in total. The van der Waals surface area contributed by atoms with Crippen LogP contribution in [0.25, 0.3) is 11.1 Å². The molecule has 2 aliphatic rings. The van der Waals surface area contributed by atoms with Crippen molar-refractivity contribution in [3.05, 3.63) is 59.7 Å². The lowest BCUT2D eigenvalue weighted by Gasteiger charge is -2.23. The number of hydrogen-bond acceptors (Lipinski definition) is 4. The molecule has 1 fully saturated rings. The van der Waals surface area contributed by atoms with Gasteiger partial charge in [-0.2, -0.15) is 0 Å². The first-order valence-corrected chi connectivity index (χ1v) is 12.0. The average Bonchev–Trinajstić information content (AvgIpc) is 3.57. The first kappa shape index (κ1) is 23.8. The normalized spacial score (nSPS) is 16.3. The number of ether oxygens (including phenoxy) is 1. The number of carbonyl (C=O) groups is 3. The predicted octanol–water partition coefficient (Wildman–Crippen LogP) is 4.31. The molecular weight excluding hydrogens is 432 g/mol. The second kappa shape index (κ2) is 10.3. The van der Waals surface area contributed by atoms with Gasteiger partial charge in [0.25, 0.3) is 0 Å². The zero-order valence-electron chi connectivity index (χ0n) is 19.6. The van der Waals surface area contributed by atoms with E-state index in [-0.39, 0.29) is 18.4 Å². The summed E-state index contributed by atoms with van der Waals surface area (Å²) in [5.41, 5.74) is 4.49. The first-order chi connectivity index (χ1) is 16.3. The summed E-state index contributed by atoms with van der Waals surface area (Å²) >= 11 is 0. The van der Waals surface area contributed by atoms with Crippen molar-refractivity contribution in [2.75, 3.05) is 6.61 Å². The molecule has 180 valence electrons. The van der Waals surface area contributed by atoms with Gasteiger partial charge in [-0.25, -0.2) is 9.59 Å². The summed E-state index contributed by atoms with van der Waals surface area (Å²) in [6.07, 6.45) is 2.10. The van der Waals surface area contributed by atoms with Crippen LogP contribution in [0.15, 0.2) is 48.5 Å². The number of rotatable bonds is 10. The van der Waals surface area contributed by atoms with Crippen LogP contribution in [0.5, 0.6) is 0 Å². The summed E-state index contributed by atoms with van der Waals surface area (Å²) in [5, 5.41) is 14.8. The highest BCUT2D eigenvalue weighted by molar-refractivity contribution is 5.89. The van der Waals surface area contributed by atoms with Crippen molar-refractivity contribution in [2.45, 2.75) is 57.5 Å². The average molecular weight is 465 g/mol. The van der Waals surface area contributed by atoms with Crippen molar-refractivity contribution >= 4 is 18.0 Å². The Bertz CT molecular complexity index is 1020. The number of carbonyl (C=O) groups excluding carboxylic acids is 2. The van der Waals surface area contributed by atoms with Crippen LogP contribution < -0.4 is 10.6 Å². The van der Waals surface area contributed by atoms with Crippen molar-refractivity contribution in [2.24, 2.45) is 11.8 Å². The molecule has 1 saturated carbocycles. The highest BCUT2D eigenvalue weighted by Crippen LogP contribution is 2.44. The molecule has 0 bridgehead atoms. The summed E-state index contributed by atoms with van der Waals surface area (Å²) in [4.78, 5) is 37.2. The SMILES string of the molecule is CC(C)C[C@H](NC(=O)OCC1c2ccccc2-c2ccccc21)C(=O)N[C@@H](CC1CC1)C(=O)O. The number of hydrogen-bond donors (Lipinski definition) is 3.